The molecule has 0 amide bonds. The second kappa shape index (κ2) is 6.56. The molecule has 1 fully saturated rings. The fraction of sp³-hybridized carbons (Fsp3) is 0.533. The third-order valence-electron chi connectivity index (χ3n) is 3.82. The lowest BCUT2D eigenvalue weighted by molar-refractivity contribution is -0.385. The highest BCUT2D eigenvalue weighted by atomic mass is 16.6. The molecule has 6 nitrogen and oxygen atoms in total. The van der Waals surface area contributed by atoms with Crippen LogP contribution < -0.4 is 9.47 Å². The zero-order valence-corrected chi connectivity index (χ0v) is 12.2. The molecule has 0 aromatic heterocycles. The Morgan fingerprint density at radius 3 is 2.67 bits per heavy atom. The van der Waals surface area contributed by atoms with Gasteiger partial charge in [-0.2, -0.15) is 0 Å². The molecule has 0 radical (unpaired) electrons. The van der Waals surface area contributed by atoms with Gasteiger partial charge >= 0.3 is 0 Å². The van der Waals surface area contributed by atoms with Crippen molar-refractivity contribution in [3.05, 3.63) is 27.8 Å². The summed E-state index contributed by atoms with van der Waals surface area (Å²) >= 11 is 0. The topological polar surface area (TPSA) is 78.7 Å². The molecule has 6 heteroatoms. The Kier molecular flexibility index (Phi) is 4.77. The van der Waals surface area contributed by atoms with Crippen LogP contribution in [-0.4, -0.2) is 24.4 Å². The van der Waals surface area contributed by atoms with Crippen molar-refractivity contribution in [2.75, 3.05) is 7.11 Å². The van der Waals surface area contributed by atoms with E-state index >= 15 is 0 Å². The van der Waals surface area contributed by atoms with E-state index in [2.05, 4.69) is 6.92 Å². The minimum Gasteiger partial charge on any atom is -0.493 e. The van der Waals surface area contributed by atoms with E-state index in [1.807, 2.05) is 0 Å². The summed E-state index contributed by atoms with van der Waals surface area (Å²) in [5.41, 5.74) is -0.272. The van der Waals surface area contributed by atoms with E-state index < -0.39 is 4.92 Å². The number of nitro benzene ring substituents is 1. The van der Waals surface area contributed by atoms with E-state index in [0.29, 0.717) is 23.7 Å². The largest absolute Gasteiger partial charge is 0.493 e. The maximum absolute atomic E-state index is 11.0. The molecule has 0 heterocycles. The van der Waals surface area contributed by atoms with Gasteiger partial charge in [-0.05, 0) is 25.2 Å². The number of rotatable bonds is 5. The zero-order valence-electron chi connectivity index (χ0n) is 12.2. The number of nitro groups is 1. The van der Waals surface area contributed by atoms with E-state index in [0.717, 1.165) is 19.3 Å². The Labute approximate surface area is 123 Å². The molecule has 2 unspecified atom stereocenters. The van der Waals surface area contributed by atoms with Crippen molar-refractivity contribution in [2.45, 2.75) is 38.7 Å². The lowest BCUT2D eigenvalue weighted by atomic mass is 9.89. The van der Waals surface area contributed by atoms with Crippen LogP contribution >= 0.6 is 0 Å². The highest BCUT2D eigenvalue weighted by Gasteiger charge is 2.24. The van der Waals surface area contributed by atoms with Gasteiger partial charge < -0.3 is 9.47 Å². The quantitative estimate of drug-likeness (QED) is 0.472. The molecule has 0 spiro atoms. The average Bonchev–Trinajstić information content (AvgIpc) is 2.46. The number of aldehydes is 1. The smallest absolute Gasteiger partial charge is 0.283 e. The van der Waals surface area contributed by atoms with Gasteiger partial charge in [0, 0.05) is 6.07 Å². The monoisotopic (exact) mass is 293 g/mol. The number of hydrogen-bond acceptors (Lipinski definition) is 5. The van der Waals surface area contributed by atoms with Crippen LogP contribution in [0, 0.1) is 16.0 Å². The van der Waals surface area contributed by atoms with Gasteiger partial charge in [0.15, 0.2) is 17.8 Å². The highest BCUT2D eigenvalue weighted by molar-refractivity contribution is 5.83. The first-order valence-corrected chi connectivity index (χ1v) is 7.03. The van der Waals surface area contributed by atoms with Gasteiger partial charge in [0.2, 0.25) is 0 Å². The van der Waals surface area contributed by atoms with Gasteiger partial charge in [0.05, 0.1) is 29.8 Å². The Bertz CT molecular complexity index is 543. The third-order valence-corrected chi connectivity index (χ3v) is 3.82. The molecule has 2 atom stereocenters. The lowest BCUT2D eigenvalue weighted by Crippen LogP contribution is -2.24. The Morgan fingerprint density at radius 2 is 2.10 bits per heavy atom. The van der Waals surface area contributed by atoms with E-state index in [4.69, 9.17) is 9.47 Å². The summed E-state index contributed by atoms with van der Waals surface area (Å²) in [6, 6.07) is 2.63. The molecule has 1 saturated carbocycles. The maximum Gasteiger partial charge on any atom is 0.283 e. The summed E-state index contributed by atoms with van der Waals surface area (Å²) in [6.45, 7) is 2.17. The second-order valence-corrected chi connectivity index (χ2v) is 5.45. The summed E-state index contributed by atoms with van der Waals surface area (Å²) in [4.78, 5) is 21.4. The summed E-state index contributed by atoms with van der Waals surface area (Å²) in [5, 5.41) is 11.0. The predicted octanol–water partition coefficient (Wildman–Crippen LogP) is 3.37. The Hall–Kier alpha value is -2.11. The SMILES string of the molecule is COc1cc(C=O)c([N+](=O)[O-])cc1OC1CCCC(C)C1. The van der Waals surface area contributed by atoms with Crippen molar-refractivity contribution in [1.82, 2.24) is 0 Å². The van der Waals surface area contributed by atoms with Gasteiger partial charge in [0.1, 0.15) is 0 Å². The molecule has 114 valence electrons. The molecule has 1 aromatic carbocycles. The molecule has 0 bridgehead atoms. The third kappa shape index (κ3) is 3.51. The number of methoxy groups -OCH3 is 1. The van der Waals surface area contributed by atoms with Crippen LogP contribution in [-0.2, 0) is 0 Å². The number of hydrogen-bond donors (Lipinski definition) is 0. The normalized spacial score (nSPS) is 21.6. The molecular weight excluding hydrogens is 274 g/mol. The lowest BCUT2D eigenvalue weighted by Gasteiger charge is -2.27. The van der Waals surface area contributed by atoms with Crippen LogP contribution in [0.2, 0.25) is 0 Å². The number of carbonyl (C=O) groups excluding carboxylic acids is 1. The maximum atomic E-state index is 11.0. The van der Waals surface area contributed by atoms with E-state index in [1.165, 1.54) is 25.7 Å². The fourth-order valence-electron chi connectivity index (χ4n) is 2.73. The minimum absolute atomic E-state index is 0.0128. The molecule has 0 N–H and O–H groups in total. The van der Waals surface area contributed by atoms with E-state index in [-0.39, 0.29) is 17.4 Å². The molecule has 21 heavy (non-hydrogen) atoms. The van der Waals surface area contributed by atoms with Crippen molar-refractivity contribution in [3.63, 3.8) is 0 Å². The summed E-state index contributed by atoms with van der Waals surface area (Å²) in [7, 11) is 1.45. The van der Waals surface area contributed by atoms with E-state index in [9.17, 15) is 14.9 Å². The van der Waals surface area contributed by atoms with Crippen LogP contribution in [0.3, 0.4) is 0 Å². The standard InChI is InChI=1S/C15H19NO5/c1-10-4-3-5-12(6-10)21-15-8-13(16(18)19)11(9-17)7-14(15)20-2/h7-10,12H,3-6H2,1-2H3. The molecular formula is C15H19NO5. The van der Waals surface area contributed by atoms with Crippen molar-refractivity contribution in [1.29, 1.82) is 0 Å². The van der Waals surface area contributed by atoms with Crippen molar-refractivity contribution >= 4 is 12.0 Å². The fourth-order valence-corrected chi connectivity index (χ4v) is 2.73. The number of carbonyl (C=O) groups is 1. The van der Waals surface area contributed by atoms with Crippen molar-refractivity contribution < 1.29 is 19.2 Å². The number of ether oxygens (including phenoxy) is 2. The van der Waals surface area contributed by atoms with Crippen LogP contribution in [0.5, 0.6) is 11.5 Å². The highest BCUT2D eigenvalue weighted by Crippen LogP contribution is 2.36. The number of nitrogens with zero attached hydrogens (tertiary/aromatic N) is 1. The zero-order chi connectivity index (χ0) is 15.4. The van der Waals surface area contributed by atoms with Crippen molar-refractivity contribution in [3.8, 4) is 11.5 Å². The van der Waals surface area contributed by atoms with Gasteiger partial charge in [-0.15, -0.1) is 0 Å². The summed E-state index contributed by atoms with van der Waals surface area (Å²) in [6.07, 6.45) is 4.60. The Balaban J connectivity index is 2.30. The molecule has 0 saturated heterocycles. The number of benzene rings is 1. The first-order chi connectivity index (χ1) is 10.0. The molecule has 1 aliphatic rings. The van der Waals surface area contributed by atoms with Gasteiger partial charge in [-0.3, -0.25) is 14.9 Å². The van der Waals surface area contributed by atoms with E-state index in [1.54, 1.807) is 0 Å². The van der Waals surface area contributed by atoms with Gasteiger partial charge in [0.25, 0.3) is 5.69 Å². The predicted molar refractivity (Wildman–Crippen MR) is 77.1 cm³/mol. The molecule has 0 aliphatic heterocycles. The first-order valence-electron chi connectivity index (χ1n) is 7.03. The molecule has 1 aromatic rings. The summed E-state index contributed by atoms with van der Waals surface area (Å²) in [5.74, 6) is 1.26. The average molecular weight is 293 g/mol. The van der Waals surface area contributed by atoms with Crippen LogP contribution in [0.25, 0.3) is 0 Å². The van der Waals surface area contributed by atoms with Gasteiger partial charge in [-0.25, -0.2) is 0 Å². The van der Waals surface area contributed by atoms with Crippen molar-refractivity contribution in [2.24, 2.45) is 5.92 Å². The van der Waals surface area contributed by atoms with Gasteiger partial charge in [-0.1, -0.05) is 13.3 Å². The Morgan fingerprint density at radius 1 is 1.33 bits per heavy atom. The van der Waals surface area contributed by atoms with Crippen LogP contribution in [0.15, 0.2) is 12.1 Å². The first kappa shape index (κ1) is 15.3. The molecule has 2 rings (SSSR count). The second-order valence-electron chi connectivity index (χ2n) is 5.45. The summed E-state index contributed by atoms with van der Waals surface area (Å²) < 4.78 is 11.1. The molecule has 1 aliphatic carbocycles. The van der Waals surface area contributed by atoms with Crippen LogP contribution in [0.1, 0.15) is 43.0 Å². The van der Waals surface area contributed by atoms with Crippen LogP contribution in [0.4, 0.5) is 5.69 Å². The minimum atomic E-state index is -0.584.